The van der Waals surface area contributed by atoms with Gasteiger partial charge in [-0.25, -0.2) is 4.79 Å². The first-order valence-corrected chi connectivity index (χ1v) is 3.58. The summed E-state index contributed by atoms with van der Waals surface area (Å²) < 4.78 is 4.50. The van der Waals surface area contributed by atoms with E-state index in [0.29, 0.717) is 0 Å². The Labute approximate surface area is 69.9 Å². The molecule has 0 aliphatic rings. The molecule has 1 atom stereocenters. The number of carbonyl (C=O) groups is 2. The van der Waals surface area contributed by atoms with Crippen molar-refractivity contribution < 1.29 is 14.3 Å². The molecular formula is C6H10ClNO3. The van der Waals surface area contributed by atoms with Crippen LogP contribution in [-0.2, 0) is 9.53 Å². The van der Waals surface area contributed by atoms with E-state index in [4.69, 9.17) is 11.6 Å². The Hall–Kier alpha value is -0.770. The van der Waals surface area contributed by atoms with Crippen LogP contribution in [0.15, 0.2) is 0 Å². The monoisotopic (exact) mass is 179 g/mol. The molecule has 0 radical (unpaired) electrons. The van der Waals surface area contributed by atoms with Crippen molar-refractivity contribution in [1.82, 2.24) is 5.32 Å². The molecule has 11 heavy (non-hydrogen) atoms. The second kappa shape index (κ2) is 4.96. The van der Waals surface area contributed by atoms with E-state index in [-0.39, 0.29) is 6.61 Å². The van der Waals surface area contributed by atoms with Gasteiger partial charge in [-0.05, 0) is 25.4 Å². The van der Waals surface area contributed by atoms with E-state index >= 15 is 0 Å². The fraction of sp³-hybridized carbons (Fsp3) is 0.667. The van der Waals surface area contributed by atoms with Crippen molar-refractivity contribution in [3.05, 3.63) is 0 Å². The molecule has 0 aliphatic heterocycles. The van der Waals surface area contributed by atoms with Crippen LogP contribution in [0.5, 0.6) is 0 Å². The molecular weight excluding hydrogens is 170 g/mol. The van der Waals surface area contributed by atoms with Gasteiger partial charge in [-0.2, -0.15) is 0 Å². The Morgan fingerprint density at radius 1 is 1.64 bits per heavy atom. The highest BCUT2D eigenvalue weighted by atomic mass is 35.5. The molecule has 5 heteroatoms. The van der Waals surface area contributed by atoms with Crippen molar-refractivity contribution in [3.8, 4) is 0 Å². The number of nitrogens with one attached hydrogen (secondary N) is 1. The molecule has 0 heterocycles. The van der Waals surface area contributed by atoms with Crippen molar-refractivity contribution >= 4 is 22.9 Å². The van der Waals surface area contributed by atoms with E-state index in [1.807, 2.05) is 0 Å². The third kappa shape index (κ3) is 4.61. The molecule has 0 saturated carbocycles. The average molecular weight is 180 g/mol. The zero-order valence-electron chi connectivity index (χ0n) is 6.39. The maximum atomic E-state index is 10.6. The number of hydrogen-bond acceptors (Lipinski definition) is 3. The number of hydrogen-bond donors (Lipinski definition) is 1. The average Bonchev–Trinajstić information content (AvgIpc) is 1.87. The molecule has 0 bridgehead atoms. The molecule has 0 aliphatic carbocycles. The highest BCUT2D eigenvalue weighted by Gasteiger charge is 2.12. The maximum absolute atomic E-state index is 10.6. The lowest BCUT2D eigenvalue weighted by Crippen LogP contribution is -2.36. The van der Waals surface area contributed by atoms with Gasteiger partial charge in [0.2, 0.25) is 5.24 Å². The van der Waals surface area contributed by atoms with Crippen LogP contribution in [0, 0.1) is 0 Å². The number of ether oxygens (including phenoxy) is 1. The minimum Gasteiger partial charge on any atom is -0.450 e. The van der Waals surface area contributed by atoms with Gasteiger partial charge in [0, 0.05) is 0 Å². The summed E-state index contributed by atoms with van der Waals surface area (Å²) in [6, 6.07) is -0.698. The predicted octanol–water partition coefficient (Wildman–Crippen LogP) is 0.886. The molecule has 0 rings (SSSR count). The summed E-state index contributed by atoms with van der Waals surface area (Å²) in [6.07, 6.45) is -0.631. The van der Waals surface area contributed by atoms with Crippen LogP contribution in [0.25, 0.3) is 0 Å². The predicted molar refractivity (Wildman–Crippen MR) is 40.5 cm³/mol. The first-order chi connectivity index (χ1) is 5.07. The summed E-state index contributed by atoms with van der Waals surface area (Å²) in [5, 5.41) is 1.62. The molecule has 0 aromatic rings. The van der Waals surface area contributed by atoms with Crippen LogP contribution in [0.2, 0.25) is 0 Å². The summed E-state index contributed by atoms with van der Waals surface area (Å²) in [5.41, 5.74) is 0. The van der Waals surface area contributed by atoms with Crippen LogP contribution in [0.4, 0.5) is 4.79 Å². The number of alkyl carbamates (subject to hydrolysis) is 1. The first-order valence-electron chi connectivity index (χ1n) is 3.20. The van der Waals surface area contributed by atoms with E-state index in [9.17, 15) is 9.59 Å². The number of halogens is 1. The molecule has 0 aromatic heterocycles. The van der Waals surface area contributed by atoms with Gasteiger partial charge in [-0.1, -0.05) is 0 Å². The summed E-state index contributed by atoms with van der Waals surface area (Å²) >= 11 is 5.06. The highest BCUT2D eigenvalue weighted by molar-refractivity contribution is 6.64. The normalized spacial score (nSPS) is 11.9. The summed E-state index contributed by atoms with van der Waals surface area (Å²) in [5.74, 6) is 0. The van der Waals surface area contributed by atoms with Crippen molar-refractivity contribution in [1.29, 1.82) is 0 Å². The minimum atomic E-state index is -0.698. The van der Waals surface area contributed by atoms with Crippen LogP contribution >= 0.6 is 11.6 Å². The van der Waals surface area contributed by atoms with E-state index in [2.05, 4.69) is 10.1 Å². The molecule has 0 saturated heterocycles. The number of carbonyl (C=O) groups excluding carboxylic acids is 2. The molecule has 0 spiro atoms. The lowest BCUT2D eigenvalue weighted by Gasteiger charge is -2.07. The topological polar surface area (TPSA) is 55.4 Å². The van der Waals surface area contributed by atoms with Gasteiger partial charge in [0.05, 0.1) is 6.61 Å². The van der Waals surface area contributed by atoms with Gasteiger partial charge in [-0.3, -0.25) is 4.79 Å². The van der Waals surface area contributed by atoms with E-state index in [1.165, 1.54) is 6.92 Å². The third-order valence-corrected chi connectivity index (χ3v) is 1.28. The number of amides is 1. The fourth-order valence-corrected chi connectivity index (χ4v) is 0.461. The Kier molecular flexibility index (Phi) is 4.61. The van der Waals surface area contributed by atoms with E-state index < -0.39 is 17.4 Å². The molecule has 64 valence electrons. The largest absolute Gasteiger partial charge is 0.450 e. The van der Waals surface area contributed by atoms with Crippen LogP contribution in [0.1, 0.15) is 13.8 Å². The molecule has 4 nitrogen and oxygen atoms in total. The molecule has 0 fully saturated rings. The van der Waals surface area contributed by atoms with Crippen LogP contribution < -0.4 is 5.32 Å². The summed E-state index contributed by atoms with van der Waals surface area (Å²) in [6.45, 7) is 3.42. The quantitative estimate of drug-likeness (QED) is 0.655. The lowest BCUT2D eigenvalue weighted by atomic mass is 10.4. The van der Waals surface area contributed by atoms with Crippen molar-refractivity contribution in [2.45, 2.75) is 19.9 Å². The molecule has 1 amide bonds. The van der Waals surface area contributed by atoms with Crippen molar-refractivity contribution in [2.24, 2.45) is 0 Å². The fourth-order valence-electron chi connectivity index (χ4n) is 0.406. The smallest absolute Gasteiger partial charge is 0.407 e. The zero-order chi connectivity index (χ0) is 8.85. The standard InChI is InChI=1S/C6H10ClNO3/c1-3-11-6(10)8-4(2)5(7)9/h4H,3H2,1-2H3,(H,8,10)/t4-/m1/s1. The Morgan fingerprint density at radius 2 is 2.18 bits per heavy atom. The summed E-state index contributed by atoms with van der Waals surface area (Å²) in [7, 11) is 0. The summed E-state index contributed by atoms with van der Waals surface area (Å²) in [4.78, 5) is 21.0. The van der Waals surface area contributed by atoms with Crippen molar-refractivity contribution in [3.63, 3.8) is 0 Å². The van der Waals surface area contributed by atoms with Crippen molar-refractivity contribution in [2.75, 3.05) is 6.61 Å². The van der Waals surface area contributed by atoms with Gasteiger partial charge in [0.25, 0.3) is 0 Å². The SMILES string of the molecule is CCOC(=O)N[C@H](C)C(=O)Cl. The van der Waals surface area contributed by atoms with Gasteiger partial charge in [-0.15, -0.1) is 0 Å². The molecule has 1 N–H and O–H groups in total. The Morgan fingerprint density at radius 3 is 2.55 bits per heavy atom. The molecule has 0 unspecified atom stereocenters. The van der Waals surface area contributed by atoms with Crippen LogP contribution in [0.3, 0.4) is 0 Å². The minimum absolute atomic E-state index is 0.273. The van der Waals surface area contributed by atoms with Gasteiger partial charge in [0.1, 0.15) is 6.04 Å². The third-order valence-electron chi connectivity index (χ3n) is 0.950. The van der Waals surface area contributed by atoms with Gasteiger partial charge >= 0.3 is 6.09 Å². The second-order valence-corrected chi connectivity index (χ2v) is 2.26. The zero-order valence-corrected chi connectivity index (χ0v) is 7.14. The molecule has 0 aromatic carbocycles. The van der Waals surface area contributed by atoms with Gasteiger partial charge in [0.15, 0.2) is 0 Å². The van der Waals surface area contributed by atoms with Crippen LogP contribution in [-0.4, -0.2) is 24.0 Å². The first kappa shape index (κ1) is 10.2. The highest BCUT2D eigenvalue weighted by Crippen LogP contribution is 1.90. The van der Waals surface area contributed by atoms with Gasteiger partial charge < -0.3 is 10.1 Å². The second-order valence-electron chi connectivity index (χ2n) is 1.89. The maximum Gasteiger partial charge on any atom is 0.407 e. The number of rotatable bonds is 3. The van der Waals surface area contributed by atoms with E-state index in [1.54, 1.807) is 6.92 Å². The lowest BCUT2D eigenvalue weighted by molar-refractivity contribution is -0.113. The Balaban J connectivity index is 3.66. The Bertz CT molecular complexity index is 160. The van der Waals surface area contributed by atoms with E-state index in [0.717, 1.165) is 0 Å².